The molecule has 0 aliphatic carbocycles. The summed E-state index contributed by atoms with van der Waals surface area (Å²) in [5, 5.41) is 0. The van der Waals surface area contributed by atoms with Gasteiger partial charge in [-0.15, -0.1) is 0 Å². The average molecular weight is 258 g/mol. The molecule has 0 saturated heterocycles. The fraction of sp³-hybridized carbons (Fsp3) is 0.333. The predicted molar refractivity (Wildman–Crippen MR) is 74.8 cm³/mol. The molecule has 1 heterocycles. The smallest absolute Gasteiger partial charge is 0.254 e. The largest absolute Gasteiger partial charge is 0.439 e. The number of nitrogens with zero attached hydrogens (tertiary/aromatic N) is 1. The summed E-state index contributed by atoms with van der Waals surface area (Å²) < 4.78 is 5.61. The molecule has 0 amide bonds. The Bertz CT molecular complexity index is 600. The van der Waals surface area contributed by atoms with Crippen LogP contribution in [-0.4, -0.2) is 9.97 Å². The zero-order valence-electron chi connectivity index (χ0n) is 11.4. The van der Waals surface area contributed by atoms with Gasteiger partial charge in [-0.3, -0.25) is 4.79 Å². The van der Waals surface area contributed by atoms with Crippen LogP contribution in [-0.2, 0) is 6.42 Å². The van der Waals surface area contributed by atoms with E-state index in [1.165, 1.54) is 11.6 Å². The van der Waals surface area contributed by atoms with Crippen molar-refractivity contribution in [1.82, 2.24) is 9.97 Å². The number of benzene rings is 1. The molecule has 0 aliphatic heterocycles. The van der Waals surface area contributed by atoms with Crippen molar-refractivity contribution >= 4 is 0 Å². The Morgan fingerprint density at radius 2 is 1.95 bits per heavy atom. The van der Waals surface area contributed by atoms with Crippen LogP contribution in [0.1, 0.15) is 38.1 Å². The van der Waals surface area contributed by atoms with Crippen LogP contribution in [0.25, 0.3) is 0 Å². The topological polar surface area (TPSA) is 55.0 Å². The van der Waals surface area contributed by atoms with Crippen molar-refractivity contribution in [3.63, 3.8) is 0 Å². The Kier molecular flexibility index (Phi) is 4.00. The van der Waals surface area contributed by atoms with Crippen LogP contribution < -0.4 is 10.3 Å². The summed E-state index contributed by atoms with van der Waals surface area (Å²) >= 11 is 0. The molecule has 1 aromatic heterocycles. The molecule has 4 nitrogen and oxygen atoms in total. The van der Waals surface area contributed by atoms with E-state index in [0.29, 0.717) is 29.8 Å². The molecule has 0 saturated carbocycles. The van der Waals surface area contributed by atoms with E-state index >= 15 is 0 Å². The highest BCUT2D eigenvalue weighted by atomic mass is 16.5. The Labute approximate surface area is 112 Å². The summed E-state index contributed by atoms with van der Waals surface area (Å²) in [6.07, 6.45) is 0.665. The lowest BCUT2D eigenvalue weighted by Crippen LogP contribution is -2.10. The highest BCUT2D eigenvalue weighted by Gasteiger charge is 2.04. The van der Waals surface area contributed by atoms with Crippen molar-refractivity contribution in [2.24, 2.45) is 0 Å². The van der Waals surface area contributed by atoms with E-state index in [0.717, 1.165) is 0 Å². The molecule has 0 unspecified atom stereocenters. The van der Waals surface area contributed by atoms with E-state index in [-0.39, 0.29) is 5.56 Å². The van der Waals surface area contributed by atoms with Crippen LogP contribution in [0.5, 0.6) is 11.6 Å². The molecule has 0 spiro atoms. The van der Waals surface area contributed by atoms with Crippen molar-refractivity contribution in [2.75, 3.05) is 0 Å². The van der Waals surface area contributed by atoms with E-state index in [9.17, 15) is 4.79 Å². The second-order valence-corrected chi connectivity index (χ2v) is 4.71. The molecule has 0 atom stereocenters. The number of H-pyrrole nitrogens is 1. The molecule has 0 aliphatic rings. The maximum Gasteiger partial charge on any atom is 0.254 e. The lowest BCUT2D eigenvalue weighted by Gasteiger charge is -2.08. The first-order valence-corrected chi connectivity index (χ1v) is 6.46. The zero-order chi connectivity index (χ0) is 13.8. The first-order valence-electron chi connectivity index (χ1n) is 6.46. The highest BCUT2D eigenvalue weighted by Crippen LogP contribution is 2.22. The van der Waals surface area contributed by atoms with Gasteiger partial charge in [0.15, 0.2) is 0 Å². The van der Waals surface area contributed by atoms with Crippen LogP contribution in [0.4, 0.5) is 0 Å². The quantitative estimate of drug-likeness (QED) is 0.915. The molecule has 0 fully saturated rings. The molecular formula is C15H18N2O2. The maximum atomic E-state index is 11.4. The van der Waals surface area contributed by atoms with Gasteiger partial charge in [0.25, 0.3) is 5.56 Å². The Hall–Kier alpha value is -2.10. The van der Waals surface area contributed by atoms with Gasteiger partial charge in [-0.2, -0.15) is 4.98 Å². The Morgan fingerprint density at radius 1 is 1.26 bits per heavy atom. The second-order valence-electron chi connectivity index (χ2n) is 4.71. The second kappa shape index (κ2) is 5.69. The van der Waals surface area contributed by atoms with E-state index in [1.54, 1.807) is 0 Å². The van der Waals surface area contributed by atoms with Gasteiger partial charge >= 0.3 is 0 Å². The van der Waals surface area contributed by atoms with Crippen molar-refractivity contribution in [1.29, 1.82) is 0 Å². The minimum Gasteiger partial charge on any atom is -0.439 e. The third-order valence-corrected chi connectivity index (χ3v) is 2.87. The van der Waals surface area contributed by atoms with Gasteiger partial charge in [-0.1, -0.05) is 32.9 Å². The number of aromatic amines is 1. The number of ether oxygens (including phenoxy) is 1. The molecule has 0 radical (unpaired) electrons. The number of hydrogen-bond donors (Lipinski definition) is 1. The third-order valence-electron chi connectivity index (χ3n) is 2.87. The van der Waals surface area contributed by atoms with Crippen molar-refractivity contribution < 1.29 is 4.74 Å². The number of aryl methyl sites for hydroxylation is 1. The van der Waals surface area contributed by atoms with Crippen molar-refractivity contribution in [2.45, 2.75) is 33.1 Å². The van der Waals surface area contributed by atoms with Crippen LogP contribution >= 0.6 is 0 Å². The molecule has 100 valence electrons. The van der Waals surface area contributed by atoms with E-state index in [4.69, 9.17) is 4.74 Å². The molecule has 19 heavy (non-hydrogen) atoms. The Morgan fingerprint density at radius 3 is 2.53 bits per heavy atom. The minimum absolute atomic E-state index is 0.194. The fourth-order valence-corrected chi connectivity index (χ4v) is 1.74. The van der Waals surface area contributed by atoms with E-state index < -0.39 is 0 Å². The average Bonchev–Trinajstić information content (AvgIpc) is 2.38. The lowest BCUT2D eigenvalue weighted by molar-refractivity contribution is 0.457. The summed E-state index contributed by atoms with van der Waals surface area (Å²) in [7, 11) is 0. The van der Waals surface area contributed by atoms with Gasteiger partial charge in [-0.25, -0.2) is 0 Å². The number of aromatic nitrogens is 2. The molecule has 0 bridgehead atoms. The van der Waals surface area contributed by atoms with Gasteiger partial charge in [0, 0.05) is 6.42 Å². The number of rotatable bonds is 4. The zero-order valence-corrected chi connectivity index (χ0v) is 11.4. The number of nitrogens with one attached hydrogen (secondary N) is 1. The standard InChI is InChI=1S/C15H18N2O2/c1-4-13-16-14(18)9-15(17-13)19-12-7-5-11(6-8-12)10(2)3/h5-10H,4H2,1-3H3,(H,16,17,18). The third kappa shape index (κ3) is 3.44. The molecule has 2 rings (SSSR count). The highest BCUT2D eigenvalue weighted by molar-refractivity contribution is 5.31. The monoisotopic (exact) mass is 258 g/mol. The fourth-order valence-electron chi connectivity index (χ4n) is 1.74. The normalized spacial score (nSPS) is 10.7. The Balaban J connectivity index is 2.21. The predicted octanol–water partition coefficient (Wildman–Crippen LogP) is 3.25. The maximum absolute atomic E-state index is 11.4. The van der Waals surface area contributed by atoms with Gasteiger partial charge in [0.2, 0.25) is 5.88 Å². The summed E-state index contributed by atoms with van der Waals surface area (Å²) in [6.45, 7) is 6.21. The minimum atomic E-state index is -0.194. The van der Waals surface area contributed by atoms with Gasteiger partial charge in [0.1, 0.15) is 11.6 Å². The van der Waals surface area contributed by atoms with Crippen LogP contribution in [0.3, 0.4) is 0 Å². The summed E-state index contributed by atoms with van der Waals surface area (Å²) in [4.78, 5) is 18.3. The van der Waals surface area contributed by atoms with Crippen molar-refractivity contribution in [3.8, 4) is 11.6 Å². The van der Waals surface area contributed by atoms with Crippen LogP contribution in [0, 0.1) is 0 Å². The summed E-state index contributed by atoms with van der Waals surface area (Å²) in [5.41, 5.74) is 1.06. The van der Waals surface area contributed by atoms with E-state index in [1.807, 2.05) is 31.2 Å². The van der Waals surface area contributed by atoms with Crippen molar-refractivity contribution in [3.05, 3.63) is 52.1 Å². The first-order chi connectivity index (χ1) is 9.08. The van der Waals surface area contributed by atoms with Crippen LogP contribution in [0.2, 0.25) is 0 Å². The number of hydrogen-bond acceptors (Lipinski definition) is 3. The SMILES string of the molecule is CCc1nc(Oc2ccc(C(C)C)cc2)cc(=O)[nH]1. The summed E-state index contributed by atoms with van der Waals surface area (Å²) in [6, 6.07) is 9.19. The summed E-state index contributed by atoms with van der Waals surface area (Å²) in [5.74, 6) is 2.13. The first kappa shape index (κ1) is 13.3. The van der Waals surface area contributed by atoms with Crippen LogP contribution in [0.15, 0.2) is 35.1 Å². The van der Waals surface area contributed by atoms with Gasteiger partial charge in [-0.05, 0) is 23.6 Å². The molecule has 4 heteroatoms. The molecule has 2 aromatic rings. The van der Waals surface area contributed by atoms with Gasteiger partial charge in [0.05, 0.1) is 6.07 Å². The molecule has 1 N–H and O–H groups in total. The van der Waals surface area contributed by atoms with Gasteiger partial charge < -0.3 is 9.72 Å². The van der Waals surface area contributed by atoms with E-state index in [2.05, 4.69) is 23.8 Å². The lowest BCUT2D eigenvalue weighted by atomic mass is 10.0. The molecular weight excluding hydrogens is 240 g/mol. The molecule has 1 aromatic carbocycles.